The van der Waals surface area contributed by atoms with Crippen LogP contribution in [0.25, 0.3) is 0 Å². The zero-order valence-electron chi connectivity index (χ0n) is 16.2. The molecule has 0 saturated heterocycles. The van der Waals surface area contributed by atoms with Crippen LogP contribution in [0.5, 0.6) is 5.75 Å². The van der Waals surface area contributed by atoms with E-state index < -0.39 is 10.0 Å². The van der Waals surface area contributed by atoms with Gasteiger partial charge in [-0.05, 0) is 74.5 Å². The second-order valence-corrected chi connectivity index (χ2v) is 8.37. The average Bonchev–Trinajstić information content (AvgIpc) is 2.68. The maximum atomic E-state index is 12.6. The van der Waals surface area contributed by atoms with Gasteiger partial charge in [-0.2, -0.15) is 0 Å². The Kier molecular flexibility index (Phi) is 5.90. The Labute approximate surface area is 166 Å². The minimum absolute atomic E-state index is 0.0353. The first kappa shape index (κ1) is 19.8. The van der Waals surface area contributed by atoms with Crippen molar-refractivity contribution < 1.29 is 13.2 Å². The van der Waals surface area contributed by atoms with E-state index in [0.717, 1.165) is 11.4 Å². The number of ether oxygens (including phenoxy) is 1. The third-order valence-corrected chi connectivity index (χ3v) is 5.55. The molecule has 0 aliphatic carbocycles. The molecule has 0 unspecified atom stereocenters. The van der Waals surface area contributed by atoms with Gasteiger partial charge in [-0.25, -0.2) is 8.42 Å². The summed E-state index contributed by atoms with van der Waals surface area (Å²) in [5, 5.41) is 0. The smallest absolute Gasteiger partial charge is 0.261 e. The van der Waals surface area contributed by atoms with Crippen LogP contribution < -0.4 is 14.4 Å². The van der Waals surface area contributed by atoms with Gasteiger partial charge in [0, 0.05) is 24.1 Å². The highest BCUT2D eigenvalue weighted by Gasteiger charge is 2.15. The Balaban J connectivity index is 1.72. The lowest BCUT2D eigenvalue weighted by Gasteiger charge is -2.20. The predicted octanol–water partition coefficient (Wildman–Crippen LogP) is 5.04. The first-order chi connectivity index (χ1) is 13.3. The largest absolute Gasteiger partial charge is 0.491 e. The molecule has 0 aliphatic heterocycles. The van der Waals surface area contributed by atoms with E-state index in [4.69, 9.17) is 4.74 Å². The van der Waals surface area contributed by atoms with Crippen molar-refractivity contribution in [1.29, 1.82) is 0 Å². The van der Waals surface area contributed by atoms with Crippen LogP contribution in [0.15, 0.2) is 83.8 Å². The van der Waals surface area contributed by atoms with Crippen LogP contribution in [0.2, 0.25) is 0 Å². The van der Waals surface area contributed by atoms with E-state index in [1.807, 2.05) is 68.3 Å². The summed E-state index contributed by atoms with van der Waals surface area (Å²) in [4.78, 5) is 2.22. The number of hydrogen-bond acceptors (Lipinski definition) is 4. The number of hydrogen-bond donors (Lipinski definition) is 1. The molecule has 0 bridgehead atoms. The van der Waals surface area contributed by atoms with Crippen molar-refractivity contribution in [3.05, 3.63) is 78.9 Å². The summed E-state index contributed by atoms with van der Waals surface area (Å²) in [5.74, 6) is 0.641. The molecule has 0 amide bonds. The fourth-order valence-electron chi connectivity index (χ4n) is 2.74. The fourth-order valence-corrected chi connectivity index (χ4v) is 3.80. The third kappa shape index (κ3) is 4.84. The van der Waals surface area contributed by atoms with Crippen LogP contribution in [0, 0.1) is 0 Å². The summed E-state index contributed by atoms with van der Waals surface area (Å²) < 4.78 is 33.4. The quantitative estimate of drug-likeness (QED) is 0.608. The molecule has 0 aliphatic rings. The number of sulfonamides is 1. The molecule has 0 radical (unpaired) electrons. The van der Waals surface area contributed by atoms with Crippen LogP contribution in [0.1, 0.15) is 13.8 Å². The zero-order chi connectivity index (χ0) is 20.1. The molecule has 5 nitrogen and oxygen atoms in total. The van der Waals surface area contributed by atoms with Crippen molar-refractivity contribution in [2.45, 2.75) is 24.8 Å². The molecule has 28 heavy (non-hydrogen) atoms. The maximum Gasteiger partial charge on any atom is 0.261 e. The summed E-state index contributed by atoms with van der Waals surface area (Å²) >= 11 is 0. The predicted molar refractivity (Wildman–Crippen MR) is 114 cm³/mol. The van der Waals surface area contributed by atoms with E-state index in [1.54, 1.807) is 24.3 Å². The van der Waals surface area contributed by atoms with Crippen LogP contribution in [-0.4, -0.2) is 21.6 Å². The molecule has 1 N–H and O–H groups in total. The summed E-state index contributed by atoms with van der Waals surface area (Å²) in [7, 11) is -1.70. The highest BCUT2D eigenvalue weighted by atomic mass is 32.2. The van der Waals surface area contributed by atoms with Crippen molar-refractivity contribution in [2.75, 3.05) is 16.7 Å². The number of anilines is 3. The molecular weight excluding hydrogens is 372 g/mol. The second-order valence-electron chi connectivity index (χ2n) is 6.68. The number of benzene rings is 3. The van der Waals surface area contributed by atoms with Gasteiger partial charge in [0.25, 0.3) is 10.0 Å². The van der Waals surface area contributed by atoms with E-state index in [9.17, 15) is 8.42 Å². The molecule has 0 fully saturated rings. The molecule has 0 heterocycles. The molecule has 3 aromatic rings. The highest BCUT2D eigenvalue weighted by molar-refractivity contribution is 7.92. The minimum atomic E-state index is -3.66. The topological polar surface area (TPSA) is 58.6 Å². The normalized spacial score (nSPS) is 11.3. The summed E-state index contributed by atoms with van der Waals surface area (Å²) in [6.07, 6.45) is 0.0353. The lowest BCUT2D eigenvalue weighted by atomic mass is 10.2. The SMILES string of the molecule is CC(C)Oc1ccc(S(=O)(=O)Nc2ccc(N(C)c3ccccc3)cc2)cc1. The lowest BCUT2D eigenvalue weighted by molar-refractivity contribution is 0.242. The molecule has 6 heteroatoms. The lowest BCUT2D eigenvalue weighted by Crippen LogP contribution is -2.13. The summed E-state index contributed by atoms with van der Waals surface area (Å²) in [6, 6.07) is 23.6. The van der Waals surface area contributed by atoms with E-state index in [0.29, 0.717) is 11.4 Å². The Bertz CT molecular complexity index is 1000. The van der Waals surface area contributed by atoms with Gasteiger partial charge in [0.2, 0.25) is 0 Å². The van der Waals surface area contributed by atoms with Crippen molar-refractivity contribution in [3.63, 3.8) is 0 Å². The van der Waals surface area contributed by atoms with Gasteiger partial charge >= 0.3 is 0 Å². The molecule has 3 aromatic carbocycles. The standard InChI is InChI=1S/C22H24N2O3S/c1-17(2)27-21-13-15-22(16-14-21)28(25,26)23-18-9-11-20(12-10-18)24(3)19-7-5-4-6-8-19/h4-17,23H,1-3H3. The van der Waals surface area contributed by atoms with E-state index in [1.165, 1.54) is 12.1 Å². The molecular formula is C22H24N2O3S. The molecule has 0 aromatic heterocycles. The second kappa shape index (κ2) is 8.35. The van der Waals surface area contributed by atoms with Crippen LogP contribution >= 0.6 is 0 Å². The number of nitrogens with one attached hydrogen (secondary N) is 1. The van der Waals surface area contributed by atoms with E-state index >= 15 is 0 Å². The molecule has 3 rings (SSSR count). The van der Waals surface area contributed by atoms with Crippen molar-refractivity contribution >= 4 is 27.1 Å². The fraction of sp³-hybridized carbons (Fsp3) is 0.182. The van der Waals surface area contributed by atoms with Gasteiger partial charge in [0.1, 0.15) is 5.75 Å². The van der Waals surface area contributed by atoms with Gasteiger partial charge < -0.3 is 9.64 Å². The van der Waals surface area contributed by atoms with Gasteiger partial charge in [0.15, 0.2) is 0 Å². The van der Waals surface area contributed by atoms with Gasteiger partial charge in [-0.3, -0.25) is 4.72 Å². The van der Waals surface area contributed by atoms with E-state index in [-0.39, 0.29) is 11.0 Å². The maximum absolute atomic E-state index is 12.6. The molecule has 0 saturated carbocycles. The monoisotopic (exact) mass is 396 g/mol. The zero-order valence-corrected chi connectivity index (χ0v) is 17.0. The number of rotatable bonds is 7. The van der Waals surface area contributed by atoms with Crippen LogP contribution in [0.4, 0.5) is 17.1 Å². The summed E-state index contributed by atoms with van der Waals surface area (Å²) in [5.41, 5.74) is 2.52. The van der Waals surface area contributed by atoms with Gasteiger partial charge in [0.05, 0.1) is 11.0 Å². The number of nitrogens with zero attached hydrogens (tertiary/aromatic N) is 1. The first-order valence-electron chi connectivity index (χ1n) is 9.03. The first-order valence-corrected chi connectivity index (χ1v) is 10.5. The Morgan fingerprint density at radius 2 is 1.39 bits per heavy atom. The Morgan fingerprint density at radius 3 is 1.96 bits per heavy atom. The molecule has 0 atom stereocenters. The third-order valence-electron chi connectivity index (χ3n) is 4.16. The van der Waals surface area contributed by atoms with Crippen LogP contribution in [0.3, 0.4) is 0 Å². The minimum Gasteiger partial charge on any atom is -0.491 e. The molecule has 146 valence electrons. The Morgan fingerprint density at radius 1 is 0.821 bits per heavy atom. The highest BCUT2D eigenvalue weighted by Crippen LogP contribution is 2.26. The van der Waals surface area contributed by atoms with Crippen molar-refractivity contribution in [2.24, 2.45) is 0 Å². The van der Waals surface area contributed by atoms with Crippen LogP contribution in [-0.2, 0) is 10.0 Å². The van der Waals surface area contributed by atoms with Crippen molar-refractivity contribution in [1.82, 2.24) is 0 Å². The number of para-hydroxylation sites is 1. The average molecular weight is 397 g/mol. The van der Waals surface area contributed by atoms with E-state index in [2.05, 4.69) is 4.72 Å². The van der Waals surface area contributed by atoms with Gasteiger partial charge in [-0.15, -0.1) is 0 Å². The summed E-state index contributed by atoms with van der Waals surface area (Å²) in [6.45, 7) is 3.84. The van der Waals surface area contributed by atoms with Gasteiger partial charge in [-0.1, -0.05) is 18.2 Å². The van der Waals surface area contributed by atoms with Crippen molar-refractivity contribution in [3.8, 4) is 5.75 Å². The molecule has 0 spiro atoms. The Hall–Kier alpha value is -2.99.